The average Bonchev–Trinajstić information content (AvgIpc) is 2.96. The van der Waals surface area contributed by atoms with Crippen molar-refractivity contribution in [1.29, 1.82) is 0 Å². The first-order chi connectivity index (χ1) is 12.6. The van der Waals surface area contributed by atoms with Gasteiger partial charge in [-0.05, 0) is 48.1 Å². The Labute approximate surface area is 152 Å². The minimum Gasteiger partial charge on any atom is -0.338 e. The van der Waals surface area contributed by atoms with Gasteiger partial charge in [0.05, 0.1) is 0 Å². The fourth-order valence-corrected chi connectivity index (χ4v) is 4.34. The number of nitrogens with zero attached hydrogens (tertiary/aromatic N) is 1. The van der Waals surface area contributed by atoms with Crippen molar-refractivity contribution in [3.63, 3.8) is 0 Å². The highest BCUT2D eigenvalue weighted by Crippen LogP contribution is 2.43. The summed E-state index contributed by atoms with van der Waals surface area (Å²) in [6.07, 6.45) is 3.26. The number of likely N-dealkylation sites (tertiary alicyclic amines) is 1. The van der Waals surface area contributed by atoms with Crippen LogP contribution in [0, 0.1) is 5.41 Å². The Bertz CT molecular complexity index is 850. The predicted octanol–water partition coefficient (Wildman–Crippen LogP) is 2.71. The molecule has 0 bridgehead atoms. The summed E-state index contributed by atoms with van der Waals surface area (Å²) in [5, 5.41) is 8.80. The minimum atomic E-state index is -0.488. The van der Waals surface area contributed by atoms with E-state index in [0.717, 1.165) is 36.9 Å². The smallest absolute Gasteiger partial charge is 0.274 e. The van der Waals surface area contributed by atoms with E-state index in [2.05, 4.69) is 12.1 Å². The van der Waals surface area contributed by atoms with Crippen molar-refractivity contribution in [2.45, 2.75) is 32.2 Å². The minimum absolute atomic E-state index is 0.000379. The van der Waals surface area contributed by atoms with E-state index in [1.165, 1.54) is 5.56 Å². The maximum atomic E-state index is 12.6. The van der Waals surface area contributed by atoms with Gasteiger partial charge in [0, 0.05) is 30.5 Å². The van der Waals surface area contributed by atoms with Gasteiger partial charge in [0.25, 0.3) is 5.91 Å². The molecule has 1 saturated heterocycles. The molecule has 1 spiro atoms. The maximum absolute atomic E-state index is 12.6. The third kappa shape index (κ3) is 3.10. The van der Waals surface area contributed by atoms with Crippen LogP contribution in [-0.2, 0) is 24.2 Å². The molecule has 0 aromatic heterocycles. The van der Waals surface area contributed by atoms with Crippen LogP contribution < -0.4 is 5.48 Å². The highest BCUT2D eigenvalue weighted by Gasteiger charge is 2.44. The molecule has 1 atom stereocenters. The van der Waals surface area contributed by atoms with Gasteiger partial charge in [-0.3, -0.25) is 14.8 Å². The van der Waals surface area contributed by atoms with Crippen molar-refractivity contribution in [2.24, 2.45) is 5.41 Å². The zero-order valence-corrected chi connectivity index (χ0v) is 14.6. The van der Waals surface area contributed by atoms with Gasteiger partial charge in [0.1, 0.15) is 0 Å². The van der Waals surface area contributed by atoms with E-state index < -0.39 is 5.91 Å². The molecule has 5 nitrogen and oxygen atoms in total. The summed E-state index contributed by atoms with van der Waals surface area (Å²) < 4.78 is 0. The van der Waals surface area contributed by atoms with Gasteiger partial charge in [0.2, 0.25) is 5.91 Å². The number of hydrogen-bond donors (Lipinski definition) is 2. The Balaban J connectivity index is 1.51. The zero-order valence-electron chi connectivity index (χ0n) is 14.6. The molecule has 1 aliphatic heterocycles. The summed E-state index contributed by atoms with van der Waals surface area (Å²) in [7, 11) is 0. The number of hydroxylamine groups is 1. The Kier molecular flexibility index (Phi) is 4.24. The second-order valence-corrected chi connectivity index (χ2v) is 7.51. The number of fused-ring (bicyclic) bond motifs is 1. The van der Waals surface area contributed by atoms with E-state index >= 15 is 0 Å². The van der Waals surface area contributed by atoms with Crippen LogP contribution in [0.15, 0.2) is 48.5 Å². The Hall–Kier alpha value is -2.66. The van der Waals surface area contributed by atoms with Gasteiger partial charge in [-0.15, -0.1) is 0 Å². The fourth-order valence-electron chi connectivity index (χ4n) is 4.34. The lowest BCUT2D eigenvalue weighted by Crippen LogP contribution is -2.33. The maximum Gasteiger partial charge on any atom is 0.274 e. The van der Waals surface area contributed by atoms with E-state index in [-0.39, 0.29) is 11.3 Å². The molecule has 0 saturated carbocycles. The van der Waals surface area contributed by atoms with Gasteiger partial charge in [-0.1, -0.05) is 36.4 Å². The summed E-state index contributed by atoms with van der Waals surface area (Å²) in [6.45, 7) is 1.46. The molecule has 1 fully saturated rings. The monoisotopic (exact) mass is 350 g/mol. The molecule has 0 radical (unpaired) electrons. The lowest BCUT2D eigenvalue weighted by Gasteiger charge is -2.34. The van der Waals surface area contributed by atoms with Crippen LogP contribution in [0.3, 0.4) is 0 Å². The molecule has 1 heterocycles. The van der Waals surface area contributed by atoms with Gasteiger partial charge in [0.15, 0.2) is 0 Å². The van der Waals surface area contributed by atoms with E-state index in [4.69, 9.17) is 5.21 Å². The van der Waals surface area contributed by atoms with Crippen LogP contribution in [0.1, 0.15) is 39.9 Å². The topological polar surface area (TPSA) is 69.6 Å². The molecule has 4 rings (SSSR count). The molecule has 2 N–H and O–H groups in total. The molecule has 2 aliphatic rings. The molecule has 2 amide bonds. The molecule has 5 heteroatoms. The largest absolute Gasteiger partial charge is 0.338 e. The SMILES string of the molecule is O=C(NO)c1ccc2c(c1)CC[C@]1(CC(=O)N(Cc3ccccc3)C1)C2. The standard InChI is InChI=1S/C21H22N2O3/c24-19-12-21(14-23(19)13-15-4-2-1-3-5-15)9-8-16-10-17(20(25)22-26)6-7-18(16)11-21/h1-7,10,26H,8-9,11-14H2,(H,22,25)/t21-/m1/s1. The Morgan fingerprint density at radius 3 is 2.69 bits per heavy atom. The van der Waals surface area contributed by atoms with Crippen molar-refractivity contribution in [3.8, 4) is 0 Å². The number of rotatable bonds is 3. The van der Waals surface area contributed by atoms with E-state index in [9.17, 15) is 9.59 Å². The number of carbonyl (C=O) groups excluding carboxylic acids is 2. The summed E-state index contributed by atoms with van der Waals surface area (Å²) in [4.78, 5) is 26.2. The normalized spacial score (nSPS) is 21.7. The quantitative estimate of drug-likeness (QED) is 0.661. The number of hydrogen-bond acceptors (Lipinski definition) is 3. The third-order valence-corrected chi connectivity index (χ3v) is 5.68. The van der Waals surface area contributed by atoms with Crippen molar-refractivity contribution in [1.82, 2.24) is 10.4 Å². The average molecular weight is 350 g/mol. The molecule has 2 aromatic carbocycles. The first kappa shape index (κ1) is 16.8. The fraction of sp³-hybridized carbons (Fsp3) is 0.333. The molecule has 134 valence electrons. The molecule has 2 aromatic rings. The van der Waals surface area contributed by atoms with Crippen molar-refractivity contribution in [3.05, 3.63) is 70.8 Å². The summed E-state index contributed by atoms with van der Waals surface area (Å²) >= 11 is 0. The number of carbonyl (C=O) groups is 2. The lowest BCUT2D eigenvalue weighted by molar-refractivity contribution is -0.128. The molecule has 1 aliphatic carbocycles. The van der Waals surface area contributed by atoms with Crippen molar-refractivity contribution in [2.75, 3.05) is 6.54 Å². The van der Waals surface area contributed by atoms with Crippen LogP contribution >= 0.6 is 0 Å². The summed E-state index contributed by atoms with van der Waals surface area (Å²) in [5.41, 5.74) is 5.66. The van der Waals surface area contributed by atoms with E-state index in [0.29, 0.717) is 18.5 Å². The summed E-state index contributed by atoms with van der Waals surface area (Å²) in [5.74, 6) is -0.258. The van der Waals surface area contributed by atoms with Crippen LogP contribution in [-0.4, -0.2) is 28.5 Å². The number of nitrogens with one attached hydrogen (secondary N) is 1. The first-order valence-corrected chi connectivity index (χ1v) is 8.97. The third-order valence-electron chi connectivity index (χ3n) is 5.68. The van der Waals surface area contributed by atoms with Gasteiger partial charge in [-0.25, -0.2) is 5.48 Å². The van der Waals surface area contributed by atoms with Crippen LogP contribution in [0.25, 0.3) is 0 Å². The highest BCUT2D eigenvalue weighted by atomic mass is 16.5. The number of aryl methyl sites for hydroxylation is 1. The van der Waals surface area contributed by atoms with Crippen LogP contribution in [0.2, 0.25) is 0 Å². The molecular weight excluding hydrogens is 328 g/mol. The zero-order chi connectivity index (χ0) is 18.1. The second kappa shape index (κ2) is 6.57. The van der Waals surface area contributed by atoms with Gasteiger partial charge >= 0.3 is 0 Å². The molecule has 0 unspecified atom stereocenters. The molecular formula is C21H22N2O3. The first-order valence-electron chi connectivity index (χ1n) is 8.97. The second-order valence-electron chi connectivity index (χ2n) is 7.51. The van der Waals surface area contributed by atoms with Gasteiger partial charge < -0.3 is 4.90 Å². The summed E-state index contributed by atoms with van der Waals surface area (Å²) in [6, 6.07) is 15.7. The molecule has 26 heavy (non-hydrogen) atoms. The van der Waals surface area contributed by atoms with Gasteiger partial charge in [-0.2, -0.15) is 0 Å². The highest BCUT2D eigenvalue weighted by molar-refractivity contribution is 5.93. The predicted molar refractivity (Wildman–Crippen MR) is 96.6 cm³/mol. The van der Waals surface area contributed by atoms with E-state index in [1.807, 2.05) is 35.2 Å². The number of amides is 2. The Morgan fingerprint density at radius 2 is 1.92 bits per heavy atom. The lowest BCUT2D eigenvalue weighted by atomic mass is 9.70. The van der Waals surface area contributed by atoms with Crippen molar-refractivity contribution >= 4 is 11.8 Å². The van der Waals surface area contributed by atoms with Crippen LogP contribution in [0.4, 0.5) is 0 Å². The van der Waals surface area contributed by atoms with E-state index in [1.54, 1.807) is 11.5 Å². The van der Waals surface area contributed by atoms with Crippen molar-refractivity contribution < 1.29 is 14.8 Å². The number of benzene rings is 2. The van der Waals surface area contributed by atoms with Crippen LogP contribution in [0.5, 0.6) is 0 Å². The Morgan fingerprint density at radius 1 is 1.12 bits per heavy atom.